The number of hydrogen-bond donors (Lipinski definition) is 1. The van der Waals surface area contributed by atoms with Crippen molar-refractivity contribution in [3.63, 3.8) is 0 Å². The molecule has 0 spiro atoms. The molecule has 1 aliphatic rings. The number of methoxy groups -OCH3 is 1. The van der Waals surface area contributed by atoms with Gasteiger partial charge >= 0.3 is 5.97 Å². The second-order valence-electron chi connectivity index (χ2n) is 9.46. The third-order valence-corrected chi connectivity index (χ3v) is 6.97. The maximum atomic E-state index is 12.2. The Labute approximate surface area is 204 Å². The summed E-state index contributed by atoms with van der Waals surface area (Å²) in [4.78, 5) is 17.0. The molecule has 1 fully saturated rings. The molecule has 0 radical (unpaired) electrons. The second-order valence-corrected chi connectivity index (χ2v) is 9.46. The lowest BCUT2D eigenvalue weighted by atomic mass is 9.88. The molecular weight excluding hydrogens is 428 g/mol. The van der Waals surface area contributed by atoms with Crippen LogP contribution in [0.15, 0.2) is 36.4 Å². The van der Waals surface area contributed by atoms with Crippen LogP contribution in [0.4, 0.5) is 5.69 Å². The number of nitrogens with zero attached hydrogens (tertiary/aromatic N) is 2. The lowest BCUT2D eigenvalue weighted by Crippen LogP contribution is -2.43. The maximum absolute atomic E-state index is 12.2. The predicted octanol–water partition coefficient (Wildman–Crippen LogP) is 5.47. The number of ether oxygens (including phenoxy) is 2. The average Bonchev–Trinajstić information content (AvgIpc) is 2.83. The van der Waals surface area contributed by atoms with Gasteiger partial charge in [0, 0.05) is 31.4 Å². The Bertz CT molecular complexity index is 934. The molecule has 6 nitrogen and oxygen atoms in total. The molecule has 0 saturated heterocycles. The fourth-order valence-electron chi connectivity index (χ4n) is 5.00. The summed E-state index contributed by atoms with van der Waals surface area (Å²) < 4.78 is 10.7. The van der Waals surface area contributed by atoms with E-state index in [4.69, 9.17) is 9.47 Å². The van der Waals surface area contributed by atoms with Gasteiger partial charge in [-0.2, -0.15) is 0 Å². The first-order valence-electron chi connectivity index (χ1n) is 12.4. The van der Waals surface area contributed by atoms with E-state index in [1.165, 1.54) is 12.8 Å². The molecule has 0 bridgehead atoms. The fraction of sp³-hybridized carbons (Fsp3) is 0.536. The van der Waals surface area contributed by atoms with Gasteiger partial charge < -0.3 is 24.4 Å². The van der Waals surface area contributed by atoms with Crippen molar-refractivity contribution < 1.29 is 19.4 Å². The maximum Gasteiger partial charge on any atom is 0.336 e. The molecular formula is C28H40N2O4. The van der Waals surface area contributed by atoms with Crippen LogP contribution >= 0.6 is 0 Å². The van der Waals surface area contributed by atoms with Crippen LogP contribution in [0.3, 0.4) is 0 Å². The first-order valence-corrected chi connectivity index (χ1v) is 12.4. The SMILES string of the molecule is CCCN(c1cc(-c2ccc(OCCOC)cc2)cc(C(=O)O)c1C)C1CCC(N(C)C)CC1. The third-order valence-electron chi connectivity index (χ3n) is 6.97. The van der Waals surface area contributed by atoms with E-state index in [-0.39, 0.29) is 0 Å². The Hall–Kier alpha value is -2.57. The van der Waals surface area contributed by atoms with E-state index in [1.54, 1.807) is 13.2 Å². The van der Waals surface area contributed by atoms with Crippen molar-refractivity contribution in [3.05, 3.63) is 47.5 Å². The minimum Gasteiger partial charge on any atom is -0.491 e. The Balaban J connectivity index is 1.94. The number of carboxylic acid groups (broad SMARTS) is 1. The molecule has 34 heavy (non-hydrogen) atoms. The van der Waals surface area contributed by atoms with Gasteiger partial charge in [-0.15, -0.1) is 0 Å². The molecule has 0 heterocycles. The normalized spacial score (nSPS) is 18.2. The van der Waals surface area contributed by atoms with E-state index in [0.29, 0.717) is 30.9 Å². The van der Waals surface area contributed by atoms with Crippen LogP contribution in [-0.4, -0.2) is 69.0 Å². The molecule has 0 amide bonds. The predicted molar refractivity (Wildman–Crippen MR) is 138 cm³/mol. The smallest absolute Gasteiger partial charge is 0.336 e. The van der Waals surface area contributed by atoms with Crippen molar-refractivity contribution in [2.24, 2.45) is 0 Å². The molecule has 186 valence electrons. The quantitative estimate of drug-likeness (QED) is 0.441. The molecule has 1 aliphatic carbocycles. The van der Waals surface area contributed by atoms with Gasteiger partial charge in [-0.25, -0.2) is 4.79 Å². The average molecular weight is 469 g/mol. The number of rotatable bonds is 11. The number of aromatic carboxylic acids is 1. The first-order chi connectivity index (χ1) is 16.3. The third kappa shape index (κ3) is 6.30. The second kappa shape index (κ2) is 12.2. The van der Waals surface area contributed by atoms with Gasteiger partial charge in [0.1, 0.15) is 12.4 Å². The number of anilines is 1. The van der Waals surface area contributed by atoms with E-state index < -0.39 is 5.97 Å². The molecule has 0 aliphatic heterocycles. The summed E-state index contributed by atoms with van der Waals surface area (Å²) in [5.74, 6) is -0.107. The Morgan fingerprint density at radius 3 is 2.21 bits per heavy atom. The molecule has 6 heteroatoms. The van der Waals surface area contributed by atoms with Crippen molar-refractivity contribution in [1.29, 1.82) is 0 Å². The van der Waals surface area contributed by atoms with E-state index in [9.17, 15) is 9.90 Å². The van der Waals surface area contributed by atoms with Crippen LogP contribution in [-0.2, 0) is 4.74 Å². The van der Waals surface area contributed by atoms with Gasteiger partial charge in [0.2, 0.25) is 0 Å². The highest BCUT2D eigenvalue weighted by molar-refractivity contribution is 5.94. The van der Waals surface area contributed by atoms with E-state index in [1.807, 2.05) is 31.2 Å². The molecule has 0 unspecified atom stereocenters. The van der Waals surface area contributed by atoms with Crippen LogP contribution in [0, 0.1) is 6.92 Å². The topological polar surface area (TPSA) is 62.2 Å². The van der Waals surface area contributed by atoms with E-state index >= 15 is 0 Å². The van der Waals surface area contributed by atoms with E-state index in [0.717, 1.165) is 53.9 Å². The number of hydrogen-bond acceptors (Lipinski definition) is 5. The molecule has 3 rings (SSSR count). The van der Waals surface area contributed by atoms with Crippen LogP contribution in [0.25, 0.3) is 11.1 Å². The minimum atomic E-state index is -0.882. The van der Waals surface area contributed by atoms with Gasteiger partial charge in [-0.05, 0) is 94.1 Å². The number of benzene rings is 2. The summed E-state index contributed by atoms with van der Waals surface area (Å²) in [6.45, 7) is 6.10. The molecule has 1 N–H and O–H groups in total. The van der Waals surface area contributed by atoms with Crippen molar-refractivity contribution in [1.82, 2.24) is 4.90 Å². The summed E-state index contributed by atoms with van der Waals surface area (Å²) >= 11 is 0. The lowest BCUT2D eigenvalue weighted by molar-refractivity contribution is 0.0696. The lowest BCUT2D eigenvalue weighted by Gasteiger charge is -2.41. The molecule has 1 saturated carbocycles. The summed E-state index contributed by atoms with van der Waals surface area (Å²) in [5.41, 5.74) is 4.17. The first kappa shape index (κ1) is 26.0. The highest BCUT2D eigenvalue weighted by Gasteiger charge is 2.28. The van der Waals surface area contributed by atoms with Crippen LogP contribution in [0.5, 0.6) is 5.75 Å². The van der Waals surface area contributed by atoms with Crippen molar-refractivity contribution in [2.45, 2.75) is 58.0 Å². The van der Waals surface area contributed by atoms with Crippen molar-refractivity contribution in [3.8, 4) is 16.9 Å². The van der Waals surface area contributed by atoms with Gasteiger partial charge in [0.15, 0.2) is 0 Å². The summed E-state index contributed by atoms with van der Waals surface area (Å²) in [5, 5.41) is 9.99. The Morgan fingerprint density at radius 1 is 1.00 bits per heavy atom. The van der Waals surface area contributed by atoms with Crippen LogP contribution in [0.1, 0.15) is 54.9 Å². The van der Waals surface area contributed by atoms with Crippen molar-refractivity contribution >= 4 is 11.7 Å². The largest absolute Gasteiger partial charge is 0.491 e. The molecule has 0 atom stereocenters. The van der Waals surface area contributed by atoms with Gasteiger partial charge in [-0.1, -0.05) is 19.1 Å². The van der Waals surface area contributed by atoms with Crippen LogP contribution in [0.2, 0.25) is 0 Å². The highest BCUT2D eigenvalue weighted by Crippen LogP contribution is 2.36. The highest BCUT2D eigenvalue weighted by atomic mass is 16.5. The zero-order valence-electron chi connectivity index (χ0n) is 21.3. The van der Waals surface area contributed by atoms with Gasteiger partial charge in [0.05, 0.1) is 12.2 Å². The fourth-order valence-corrected chi connectivity index (χ4v) is 5.00. The summed E-state index contributed by atoms with van der Waals surface area (Å²) in [6, 6.07) is 12.9. The monoisotopic (exact) mass is 468 g/mol. The number of carboxylic acids is 1. The Morgan fingerprint density at radius 2 is 1.65 bits per heavy atom. The Kier molecular flexibility index (Phi) is 9.36. The standard InChI is InChI=1S/C28H40N2O4/c1-6-15-30(24-11-9-23(10-12-24)29(3)4)27-19-22(18-26(20(27)2)28(31)32)21-7-13-25(14-8-21)34-17-16-33-5/h7-8,13-14,18-19,23-24H,6,9-12,15-17H2,1-5H3,(H,31,32). The minimum absolute atomic E-state index is 0.371. The van der Waals surface area contributed by atoms with Crippen molar-refractivity contribution in [2.75, 3.05) is 45.9 Å². The zero-order chi connectivity index (χ0) is 24.7. The van der Waals surface area contributed by atoms with E-state index in [2.05, 4.69) is 36.9 Å². The van der Waals surface area contributed by atoms with Gasteiger partial charge in [0.25, 0.3) is 0 Å². The zero-order valence-corrected chi connectivity index (χ0v) is 21.3. The summed E-state index contributed by atoms with van der Waals surface area (Å²) in [7, 11) is 5.97. The molecule has 2 aromatic carbocycles. The summed E-state index contributed by atoms with van der Waals surface area (Å²) in [6.07, 6.45) is 5.62. The van der Waals surface area contributed by atoms with Crippen LogP contribution < -0.4 is 9.64 Å². The number of carbonyl (C=O) groups is 1. The molecule has 2 aromatic rings. The molecule has 0 aromatic heterocycles. The van der Waals surface area contributed by atoms with Gasteiger partial charge in [-0.3, -0.25) is 0 Å².